The highest BCUT2D eigenvalue weighted by Gasteiger charge is 2.00. The zero-order valence-electron chi connectivity index (χ0n) is 8.91. The summed E-state index contributed by atoms with van der Waals surface area (Å²) in [5.74, 6) is 1.29. The number of rotatable bonds is 2. The van der Waals surface area contributed by atoms with Crippen molar-refractivity contribution >= 4 is 0 Å². The van der Waals surface area contributed by atoms with E-state index < -0.39 is 0 Å². The van der Waals surface area contributed by atoms with Crippen molar-refractivity contribution in [1.29, 1.82) is 0 Å². The van der Waals surface area contributed by atoms with Crippen LogP contribution in [0.4, 0.5) is 0 Å². The van der Waals surface area contributed by atoms with Gasteiger partial charge in [0.15, 0.2) is 0 Å². The van der Waals surface area contributed by atoms with Gasteiger partial charge in [-0.15, -0.1) is 0 Å². The molecule has 0 fully saturated rings. The van der Waals surface area contributed by atoms with E-state index in [4.69, 9.17) is 0 Å². The standard InChI is InChI=1S/C12H18.H2O/c1-9(2)11-5-7-12(8-6-11)10(3)4;/h5-10H,1-4H3;1H2/p-1. The van der Waals surface area contributed by atoms with Crippen molar-refractivity contribution in [2.24, 2.45) is 0 Å². The lowest BCUT2D eigenvalue weighted by Crippen LogP contribution is -1.90. The van der Waals surface area contributed by atoms with Gasteiger partial charge < -0.3 is 5.48 Å². The monoisotopic (exact) mass is 179 g/mol. The quantitative estimate of drug-likeness (QED) is 0.679. The van der Waals surface area contributed by atoms with E-state index in [0.717, 1.165) is 0 Å². The molecule has 13 heavy (non-hydrogen) atoms. The number of benzene rings is 1. The molecule has 0 saturated heterocycles. The largest absolute Gasteiger partial charge is 0.870 e. The lowest BCUT2D eigenvalue weighted by atomic mass is 9.97. The molecular weight excluding hydrogens is 160 g/mol. The first-order valence-electron chi connectivity index (χ1n) is 4.71. The van der Waals surface area contributed by atoms with Crippen LogP contribution in [0, 0.1) is 0 Å². The molecule has 1 aromatic rings. The normalized spacial score (nSPS) is 10.3. The highest BCUT2D eigenvalue weighted by atomic mass is 16.0. The number of hydrogen-bond acceptors (Lipinski definition) is 1. The Morgan fingerprint density at radius 2 is 0.923 bits per heavy atom. The smallest absolute Gasteiger partial charge is 0.0219 e. The molecule has 0 heterocycles. The van der Waals surface area contributed by atoms with Crippen molar-refractivity contribution in [3.8, 4) is 0 Å². The van der Waals surface area contributed by atoms with Gasteiger partial charge >= 0.3 is 0 Å². The van der Waals surface area contributed by atoms with E-state index in [1.54, 1.807) is 0 Å². The van der Waals surface area contributed by atoms with Gasteiger partial charge in [0.05, 0.1) is 0 Å². The first-order valence-corrected chi connectivity index (χ1v) is 4.71. The molecule has 1 rings (SSSR count). The van der Waals surface area contributed by atoms with Gasteiger partial charge in [0, 0.05) is 0 Å². The zero-order valence-corrected chi connectivity index (χ0v) is 8.91. The Hall–Kier alpha value is -0.820. The molecule has 0 radical (unpaired) electrons. The molecule has 0 unspecified atom stereocenters. The van der Waals surface area contributed by atoms with Crippen LogP contribution >= 0.6 is 0 Å². The molecule has 0 aliphatic carbocycles. The van der Waals surface area contributed by atoms with Crippen molar-refractivity contribution in [3.63, 3.8) is 0 Å². The Morgan fingerprint density at radius 3 is 1.08 bits per heavy atom. The fourth-order valence-electron chi connectivity index (χ4n) is 1.27. The van der Waals surface area contributed by atoms with Gasteiger partial charge in [-0.05, 0) is 23.0 Å². The summed E-state index contributed by atoms with van der Waals surface area (Å²) in [5, 5.41) is 0. The average Bonchev–Trinajstić information content (AvgIpc) is 2.04. The van der Waals surface area contributed by atoms with Gasteiger partial charge in [0.25, 0.3) is 0 Å². The molecule has 1 N–H and O–H groups in total. The second-order valence-corrected chi connectivity index (χ2v) is 3.98. The van der Waals surface area contributed by atoms with E-state index in [1.807, 2.05) is 0 Å². The summed E-state index contributed by atoms with van der Waals surface area (Å²) < 4.78 is 0. The maximum atomic E-state index is 2.24. The van der Waals surface area contributed by atoms with Crippen LogP contribution in [0.15, 0.2) is 24.3 Å². The molecule has 0 aliphatic rings. The van der Waals surface area contributed by atoms with Gasteiger partial charge in [0.2, 0.25) is 0 Å². The summed E-state index contributed by atoms with van der Waals surface area (Å²) >= 11 is 0. The van der Waals surface area contributed by atoms with E-state index in [-0.39, 0.29) is 5.48 Å². The van der Waals surface area contributed by atoms with Gasteiger partial charge in [-0.2, -0.15) is 0 Å². The fraction of sp³-hybridized carbons (Fsp3) is 0.500. The van der Waals surface area contributed by atoms with E-state index in [0.29, 0.717) is 11.8 Å². The van der Waals surface area contributed by atoms with Gasteiger partial charge in [0.1, 0.15) is 0 Å². The third-order valence-corrected chi connectivity index (χ3v) is 2.27. The predicted octanol–water partition coefficient (Wildman–Crippen LogP) is 3.76. The minimum Gasteiger partial charge on any atom is -0.870 e. The highest BCUT2D eigenvalue weighted by Crippen LogP contribution is 2.18. The third-order valence-electron chi connectivity index (χ3n) is 2.27. The molecule has 0 aromatic heterocycles. The third kappa shape index (κ3) is 3.19. The van der Waals surface area contributed by atoms with E-state index in [1.165, 1.54) is 11.1 Å². The van der Waals surface area contributed by atoms with Crippen LogP contribution < -0.4 is 0 Å². The van der Waals surface area contributed by atoms with Crippen molar-refractivity contribution in [2.45, 2.75) is 39.5 Å². The predicted molar refractivity (Wildman–Crippen MR) is 56.6 cm³/mol. The minimum absolute atomic E-state index is 0. The molecule has 74 valence electrons. The molecule has 0 amide bonds. The highest BCUT2D eigenvalue weighted by molar-refractivity contribution is 5.26. The maximum absolute atomic E-state index is 2.24. The molecule has 1 nitrogen and oxygen atoms in total. The fourth-order valence-corrected chi connectivity index (χ4v) is 1.27. The Kier molecular flexibility index (Phi) is 4.71. The average molecular weight is 179 g/mol. The van der Waals surface area contributed by atoms with Crippen LogP contribution in [-0.4, -0.2) is 5.48 Å². The molecule has 0 atom stereocenters. The molecule has 1 aromatic carbocycles. The van der Waals surface area contributed by atoms with Crippen molar-refractivity contribution in [2.75, 3.05) is 0 Å². The Morgan fingerprint density at radius 1 is 0.692 bits per heavy atom. The molecular formula is C12H19O-. The minimum atomic E-state index is 0. The van der Waals surface area contributed by atoms with E-state index in [2.05, 4.69) is 52.0 Å². The van der Waals surface area contributed by atoms with Gasteiger partial charge in [-0.25, -0.2) is 0 Å². The lowest BCUT2D eigenvalue weighted by molar-refractivity contribution is 0.824. The molecule has 0 spiro atoms. The van der Waals surface area contributed by atoms with Crippen LogP contribution in [-0.2, 0) is 0 Å². The molecule has 1 heteroatoms. The molecule has 0 saturated carbocycles. The second-order valence-electron chi connectivity index (χ2n) is 3.98. The van der Waals surface area contributed by atoms with E-state index >= 15 is 0 Å². The van der Waals surface area contributed by atoms with Crippen molar-refractivity contribution in [1.82, 2.24) is 0 Å². The summed E-state index contributed by atoms with van der Waals surface area (Å²) in [7, 11) is 0. The number of hydrogen-bond donors (Lipinski definition) is 0. The summed E-state index contributed by atoms with van der Waals surface area (Å²) in [6, 6.07) is 8.94. The summed E-state index contributed by atoms with van der Waals surface area (Å²) in [5.41, 5.74) is 2.86. The van der Waals surface area contributed by atoms with Crippen LogP contribution in [0.2, 0.25) is 0 Å². The van der Waals surface area contributed by atoms with Crippen molar-refractivity contribution in [3.05, 3.63) is 35.4 Å². The Labute approximate surface area is 81.1 Å². The SMILES string of the molecule is CC(C)c1ccc(C(C)C)cc1.[OH-]. The van der Waals surface area contributed by atoms with Crippen LogP contribution in [0.1, 0.15) is 50.7 Å². The van der Waals surface area contributed by atoms with Gasteiger partial charge in [-0.3, -0.25) is 0 Å². The van der Waals surface area contributed by atoms with Crippen LogP contribution in [0.5, 0.6) is 0 Å². The summed E-state index contributed by atoms with van der Waals surface area (Å²) in [6.45, 7) is 8.91. The molecule has 0 bridgehead atoms. The second kappa shape index (κ2) is 5.03. The first kappa shape index (κ1) is 12.2. The summed E-state index contributed by atoms with van der Waals surface area (Å²) in [6.07, 6.45) is 0. The zero-order chi connectivity index (χ0) is 9.14. The lowest BCUT2D eigenvalue weighted by Gasteiger charge is -2.08. The topological polar surface area (TPSA) is 30.0 Å². The first-order chi connectivity index (χ1) is 5.61. The Balaban J connectivity index is 0.00000144. The van der Waals surface area contributed by atoms with Crippen molar-refractivity contribution < 1.29 is 5.48 Å². The Bertz CT molecular complexity index is 207. The summed E-state index contributed by atoms with van der Waals surface area (Å²) in [4.78, 5) is 0. The van der Waals surface area contributed by atoms with Gasteiger partial charge in [-0.1, -0.05) is 52.0 Å². The maximum Gasteiger partial charge on any atom is -0.0219 e. The van der Waals surface area contributed by atoms with E-state index in [9.17, 15) is 0 Å². The van der Waals surface area contributed by atoms with Crippen LogP contribution in [0.25, 0.3) is 0 Å². The molecule has 0 aliphatic heterocycles. The van der Waals surface area contributed by atoms with Crippen LogP contribution in [0.3, 0.4) is 0 Å².